The van der Waals surface area contributed by atoms with Gasteiger partial charge in [0.1, 0.15) is 0 Å². The van der Waals surface area contributed by atoms with Crippen molar-refractivity contribution in [1.29, 1.82) is 0 Å². The molecular weight excluding hydrogens is 457 g/mol. The van der Waals surface area contributed by atoms with E-state index in [1.165, 1.54) is 11.1 Å². The molecule has 0 saturated carbocycles. The summed E-state index contributed by atoms with van der Waals surface area (Å²) >= 11 is -2.27. The summed E-state index contributed by atoms with van der Waals surface area (Å²) < 4.78 is 4.77. The largest absolute Gasteiger partial charge is 0.269 e. The molecule has 0 spiro atoms. The van der Waals surface area contributed by atoms with Crippen molar-refractivity contribution in [3.8, 4) is 0 Å². The van der Waals surface area contributed by atoms with Crippen molar-refractivity contribution >= 4 is 12.2 Å². The number of hydrogen-bond acceptors (Lipinski definition) is 0. The maximum Gasteiger partial charge on any atom is -0.269 e. The molecule has 23 heavy (non-hydrogen) atoms. The third-order valence-electron chi connectivity index (χ3n) is 5.66. The zero-order valence-corrected chi connectivity index (χ0v) is 16.4. The normalized spacial score (nSPS) is 24.3. The Hall–Kier alpha value is -1.35. The predicted molar refractivity (Wildman–Crippen MR) is 91.1 cm³/mol. The van der Waals surface area contributed by atoms with Crippen LogP contribution < -0.4 is 0 Å². The molecule has 118 valence electrons. The van der Waals surface area contributed by atoms with Crippen LogP contribution in [0.4, 0.5) is 9.41 Å². The molecule has 0 bridgehead atoms. The molecule has 3 aliphatic rings. The number of halogens is 2. The van der Waals surface area contributed by atoms with Crippen LogP contribution in [0, 0.1) is 0 Å². The third kappa shape index (κ3) is 2.32. The average Bonchev–Trinajstić information content (AvgIpc) is 3.03. The van der Waals surface area contributed by atoms with Crippen molar-refractivity contribution < 1.29 is 29.4 Å². The summed E-state index contributed by atoms with van der Waals surface area (Å²) in [6, 6.07) is 18.1. The van der Waals surface area contributed by atoms with Crippen molar-refractivity contribution in [3.05, 3.63) is 82.9 Å². The second-order valence-electron chi connectivity index (χ2n) is 6.66. The van der Waals surface area contributed by atoms with Gasteiger partial charge in [-0.05, 0) is 0 Å². The van der Waals surface area contributed by atoms with Crippen LogP contribution in [-0.2, 0) is 20.0 Å². The standard InChI is InChI=1S/2C9H7.C2H4.2FH.Hf/c2*1-2-5-9-7-3-6-8(9)4-1;1-2;;;/h2*1-7H;1-2H2;2*1H;. The van der Waals surface area contributed by atoms with Gasteiger partial charge in [-0.2, -0.15) is 0 Å². The molecule has 2 aromatic rings. The Bertz CT molecular complexity index is 726. The first kappa shape index (κ1) is 16.5. The summed E-state index contributed by atoms with van der Waals surface area (Å²) in [5, 5.41) is 0. The van der Waals surface area contributed by atoms with Crippen LogP contribution in [0.1, 0.15) is 29.6 Å². The number of fused-ring (bicyclic) bond motifs is 2. The number of allylic oxidation sites excluding steroid dienone is 2. The van der Waals surface area contributed by atoms with Crippen molar-refractivity contribution in [2.45, 2.75) is 15.7 Å². The Morgan fingerprint density at radius 3 is 1.52 bits per heavy atom. The van der Waals surface area contributed by atoms with Crippen LogP contribution in [0.2, 0.25) is 8.35 Å². The summed E-state index contributed by atoms with van der Waals surface area (Å²) in [7, 11) is 0. The second kappa shape index (κ2) is 5.94. The van der Waals surface area contributed by atoms with Crippen LogP contribution in [0.25, 0.3) is 12.2 Å². The van der Waals surface area contributed by atoms with E-state index >= 15 is 0 Å². The van der Waals surface area contributed by atoms with Crippen LogP contribution in [0.5, 0.6) is 0 Å². The first-order valence-corrected chi connectivity index (χ1v) is 17.2. The summed E-state index contributed by atoms with van der Waals surface area (Å²) in [4.78, 5) is 0. The number of benzene rings is 2. The molecule has 0 N–H and O–H groups in total. The van der Waals surface area contributed by atoms with E-state index in [0.29, 0.717) is 0 Å². The van der Waals surface area contributed by atoms with Crippen molar-refractivity contribution in [2.24, 2.45) is 0 Å². The Balaban J connectivity index is 0.000000781. The minimum Gasteiger partial charge on any atom is -0.269 e. The maximum absolute atomic E-state index is 2.55. The Morgan fingerprint density at radius 2 is 1.09 bits per heavy atom. The van der Waals surface area contributed by atoms with Gasteiger partial charge in [0, 0.05) is 0 Å². The number of hydrogen-bond donors (Lipinski definition) is 0. The predicted octanol–water partition coefficient (Wildman–Crippen LogP) is 5.83. The first-order valence-electron chi connectivity index (χ1n) is 7.93. The van der Waals surface area contributed by atoms with Gasteiger partial charge in [-0.3, -0.25) is 9.41 Å². The summed E-state index contributed by atoms with van der Waals surface area (Å²) in [6.07, 6.45) is 9.86. The monoisotopic (exact) mass is 478 g/mol. The summed E-state index contributed by atoms with van der Waals surface area (Å²) in [5.74, 6) is 0. The molecule has 5 rings (SSSR count). The average molecular weight is 477 g/mol. The minimum absolute atomic E-state index is 0. The van der Waals surface area contributed by atoms with E-state index in [1.54, 1.807) is 19.5 Å². The van der Waals surface area contributed by atoms with Crippen LogP contribution in [0.15, 0.2) is 60.7 Å². The van der Waals surface area contributed by atoms with Crippen LogP contribution >= 0.6 is 0 Å². The molecule has 1 heterocycles. The fourth-order valence-corrected chi connectivity index (χ4v) is 29.6. The van der Waals surface area contributed by atoms with E-state index in [1.807, 2.05) is 0 Å². The molecule has 0 radical (unpaired) electrons. The van der Waals surface area contributed by atoms with Crippen molar-refractivity contribution in [2.75, 3.05) is 0 Å². The van der Waals surface area contributed by atoms with Gasteiger partial charge >= 0.3 is 131 Å². The molecule has 1 fully saturated rings. The topological polar surface area (TPSA) is 0 Å². The van der Waals surface area contributed by atoms with Gasteiger partial charge in [0.05, 0.1) is 0 Å². The quantitative estimate of drug-likeness (QED) is 0.478. The summed E-state index contributed by atoms with van der Waals surface area (Å²) in [5.41, 5.74) is 6.22. The summed E-state index contributed by atoms with van der Waals surface area (Å²) in [6.45, 7) is 0. The molecule has 1 saturated heterocycles. The fourth-order valence-electron chi connectivity index (χ4n) is 4.46. The Morgan fingerprint density at radius 1 is 0.652 bits per heavy atom. The zero-order valence-electron chi connectivity index (χ0n) is 12.8. The van der Waals surface area contributed by atoms with E-state index in [2.05, 4.69) is 72.8 Å². The van der Waals surface area contributed by atoms with Gasteiger partial charge in [-0.15, -0.1) is 0 Å². The molecule has 0 amide bonds. The van der Waals surface area contributed by atoms with Crippen LogP contribution in [-0.4, -0.2) is 0 Å². The number of rotatable bonds is 2. The molecule has 2 unspecified atom stereocenters. The minimum atomic E-state index is -2.27. The van der Waals surface area contributed by atoms with Gasteiger partial charge in [-0.25, -0.2) is 0 Å². The molecule has 2 aromatic carbocycles. The van der Waals surface area contributed by atoms with Gasteiger partial charge in [0.2, 0.25) is 0 Å². The van der Waals surface area contributed by atoms with E-state index < -0.39 is 20.0 Å². The maximum atomic E-state index is 2.55. The van der Waals surface area contributed by atoms with Gasteiger partial charge in [0.25, 0.3) is 0 Å². The third-order valence-corrected chi connectivity index (χ3v) is 24.1. The molecule has 3 heteroatoms. The van der Waals surface area contributed by atoms with Crippen molar-refractivity contribution in [1.82, 2.24) is 0 Å². The smallest absolute Gasteiger partial charge is 0.269 e. The fraction of sp³-hybridized carbons (Fsp3) is 0.200. The van der Waals surface area contributed by atoms with Crippen LogP contribution in [0.3, 0.4) is 0 Å². The SMILES string of the molecule is C1=C[CH]([Hf]2([CH]3C=Cc4ccccc43)[CH2][CH2]2)c2ccccc21.F.F. The molecular formula is C20H20F2Hf. The molecule has 1 aliphatic heterocycles. The Labute approximate surface area is 140 Å². The molecule has 0 aromatic heterocycles. The zero-order chi connectivity index (χ0) is 13.9. The molecule has 2 aliphatic carbocycles. The van der Waals surface area contributed by atoms with Gasteiger partial charge < -0.3 is 0 Å². The van der Waals surface area contributed by atoms with E-state index in [0.717, 1.165) is 7.35 Å². The molecule has 2 atom stereocenters. The van der Waals surface area contributed by atoms with E-state index in [4.69, 9.17) is 0 Å². The Kier molecular flexibility index (Phi) is 4.26. The first-order chi connectivity index (χ1) is 10.4. The van der Waals surface area contributed by atoms with E-state index in [9.17, 15) is 0 Å². The van der Waals surface area contributed by atoms with E-state index in [-0.39, 0.29) is 9.41 Å². The second-order valence-corrected chi connectivity index (χ2v) is 23.6. The van der Waals surface area contributed by atoms with Gasteiger partial charge in [-0.1, -0.05) is 0 Å². The van der Waals surface area contributed by atoms with Gasteiger partial charge in [0.15, 0.2) is 0 Å². The molecule has 0 nitrogen and oxygen atoms in total. The van der Waals surface area contributed by atoms with Crippen molar-refractivity contribution in [3.63, 3.8) is 0 Å².